The fraction of sp³-hybridized carbons (Fsp3) is 0.143. The molecular weight excluding hydrogens is 449 g/mol. The Kier molecular flexibility index (Phi) is 6.53. The molecule has 0 aliphatic carbocycles. The maximum absolute atomic E-state index is 12.7. The molecule has 150 valence electrons. The van der Waals surface area contributed by atoms with E-state index in [0.29, 0.717) is 5.71 Å². The molecule has 0 spiro atoms. The van der Waals surface area contributed by atoms with Crippen molar-refractivity contribution >= 4 is 21.6 Å². The second kappa shape index (κ2) is 9.09. The third kappa shape index (κ3) is 5.35. The third-order valence-electron chi connectivity index (χ3n) is 4.01. The Bertz CT molecular complexity index is 988. The van der Waals surface area contributed by atoms with E-state index in [-0.39, 0.29) is 12.5 Å². The van der Waals surface area contributed by atoms with Crippen molar-refractivity contribution in [1.29, 1.82) is 0 Å². The Morgan fingerprint density at radius 1 is 1.03 bits per heavy atom. The smallest absolute Gasteiger partial charge is 0.417 e. The van der Waals surface area contributed by atoms with Crippen LogP contribution in [0.2, 0.25) is 0 Å². The molecule has 0 N–H and O–H groups in total. The monoisotopic (exact) mass is 464 g/mol. The molecule has 0 amide bonds. The number of benzene rings is 2. The standard InChI is InChI=1S/C21H16BrF3N2O2/c1-28-27-20(14-6-9-17(22)10-7-14)18-5-3-2-4-15(18)13-29-19-11-8-16(12-26-19)21(23,24)25/h2-12H,13H2,1H3/b27-20-. The lowest BCUT2D eigenvalue weighted by molar-refractivity contribution is -0.137. The Labute approximate surface area is 174 Å². The van der Waals surface area contributed by atoms with Crippen LogP contribution in [0.25, 0.3) is 0 Å². The van der Waals surface area contributed by atoms with Crippen molar-refractivity contribution in [3.63, 3.8) is 0 Å². The average Bonchev–Trinajstić information content (AvgIpc) is 2.71. The highest BCUT2D eigenvalue weighted by atomic mass is 79.9. The van der Waals surface area contributed by atoms with E-state index >= 15 is 0 Å². The van der Waals surface area contributed by atoms with Gasteiger partial charge in [-0.1, -0.05) is 57.5 Å². The molecule has 0 radical (unpaired) electrons. The number of alkyl halides is 3. The maximum atomic E-state index is 12.7. The molecule has 29 heavy (non-hydrogen) atoms. The Balaban J connectivity index is 1.84. The van der Waals surface area contributed by atoms with Crippen LogP contribution in [0.4, 0.5) is 13.2 Å². The van der Waals surface area contributed by atoms with Gasteiger partial charge in [0.05, 0.1) is 5.56 Å². The van der Waals surface area contributed by atoms with Gasteiger partial charge in [-0.05, 0) is 23.8 Å². The predicted octanol–water partition coefficient (Wildman–Crippen LogP) is 5.84. The number of halogens is 4. The number of pyridine rings is 1. The number of hydrogen-bond donors (Lipinski definition) is 0. The molecule has 4 nitrogen and oxygen atoms in total. The zero-order chi connectivity index (χ0) is 20.9. The summed E-state index contributed by atoms with van der Waals surface area (Å²) in [6.45, 7) is 0.105. The third-order valence-corrected chi connectivity index (χ3v) is 4.54. The molecule has 2 aromatic carbocycles. The molecule has 0 saturated heterocycles. The first-order valence-corrected chi connectivity index (χ1v) is 9.29. The fourth-order valence-corrected chi connectivity index (χ4v) is 2.88. The molecule has 8 heteroatoms. The van der Waals surface area contributed by atoms with Gasteiger partial charge < -0.3 is 9.57 Å². The summed E-state index contributed by atoms with van der Waals surface area (Å²) in [5, 5.41) is 4.15. The van der Waals surface area contributed by atoms with Crippen molar-refractivity contribution in [2.75, 3.05) is 7.11 Å². The van der Waals surface area contributed by atoms with Gasteiger partial charge in [0, 0.05) is 27.9 Å². The van der Waals surface area contributed by atoms with Gasteiger partial charge in [0.2, 0.25) is 5.88 Å². The van der Waals surface area contributed by atoms with Crippen molar-refractivity contribution in [2.45, 2.75) is 12.8 Å². The van der Waals surface area contributed by atoms with Crippen LogP contribution in [0.5, 0.6) is 5.88 Å². The van der Waals surface area contributed by atoms with Gasteiger partial charge in [-0.2, -0.15) is 13.2 Å². The van der Waals surface area contributed by atoms with E-state index in [0.717, 1.165) is 33.4 Å². The summed E-state index contributed by atoms with van der Waals surface area (Å²) in [4.78, 5) is 8.76. The number of rotatable bonds is 6. The first-order valence-electron chi connectivity index (χ1n) is 8.50. The van der Waals surface area contributed by atoms with Crippen LogP contribution in [0.3, 0.4) is 0 Å². The molecule has 0 bridgehead atoms. The zero-order valence-electron chi connectivity index (χ0n) is 15.3. The zero-order valence-corrected chi connectivity index (χ0v) is 16.9. The first kappa shape index (κ1) is 20.9. The molecule has 0 saturated carbocycles. The second-order valence-corrected chi connectivity index (χ2v) is 6.87. The summed E-state index contributed by atoms with van der Waals surface area (Å²) in [5.41, 5.74) is 2.20. The topological polar surface area (TPSA) is 43.7 Å². The molecule has 0 aliphatic heterocycles. The maximum Gasteiger partial charge on any atom is 0.417 e. The number of oxime groups is 1. The van der Waals surface area contributed by atoms with E-state index in [1.165, 1.54) is 13.2 Å². The first-order chi connectivity index (χ1) is 13.9. The molecular formula is C21H16BrF3N2O2. The van der Waals surface area contributed by atoms with Crippen molar-refractivity contribution in [2.24, 2.45) is 5.16 Å². The number of hydrogen-bond acceptors (Lipinski definition) is 4. The van der Waals surface area contributed by atoms with Crippen LogP contribution in [0, 0.1) is 0 Å². The van der Waals surface area contributed by atoms with E-state index in [2.05, 4.69) is 26.1 Å². The lowest BCUT2D eigenvalue weighted by Crippen LogP contribution is -2.10. The van der Waals surface area contributed by atoms with Crippen LogP contribution < -0.4 is 4.74 Å². The minimum atomic E-state index is -4.44. The molecule has 3 rings (SSSR count). The normalized spacial score (nSPS) is 12.0. The van der Waals surface area contributed by atoms with Gasteiger partial charge in [0.15, 0.2) is 0 Å². The van der Waals surface area contributed by atoms with Gasteiger partial charge in [-0.25, -0.2) is 4.98 Å². The molecule has 1 aromatic heterocycles. The molecule has 0 aliphatic rings. The second-order valence-electron chi connectivity index (χ2n) is 5.96. The Morgan fingerprint density at radius 2 is 1.76 bits per heavy atom. The highest BCUT2D eigenvalue weighted by molar-refractivity contribution is 9.10. The van der Waals surface area contributed by atoms with Crippen molar-refractivity contribution in [3.05, 3.63) is 93.6 Å². The lowest BCUT2D eigenvalue weighted by Gasteiger charge is -2.13. The van der Waals surface area contributed by atoms with Gasteiger partial charge in [-0.15, -0.1) is 0 Å². The van der Waals surface area contributed by atoms with Crippen molar-refractivity contribution in [3.8, 4) is 5.88 Å². The van der Waals surface area contributed by atoms with Gasteiger partial charge in [0.1, 0.15) is 19.4 Å². The molecule has 3 aromatic rings. The Morgan fingerprint density at radius 3 is 2.38 bits per heavy atom. The largest absolute Gasteiger partial charge is 0.473 e. The van der Waals surface area contributed by atoms with E-state index in [1.54, 1.807) is 0 Å². The number of ether oxygens (including phenoxy) is 1. The lowest BCUT2D eigenvalue weighted by atomic mass is 9.98. The predicted molar refractivity (Wildman–Crippen MR) is 107 cm³/mol. The van der Waals surface area contributed by atoms with E-state index < -0.39 is 11.7 Å². The molecule has 0 atom stereocenters. The van der Waals surface area contributed by atoms with Crippen LogP contribution in [-0.4, -0.2) is 17.8 Å². The minimum absolute atomic E-state index is 0.0988. The summed E-state index contributed by atoms with van der Waals surface area (Å²) in [5.74, 6) is 0.0988. The summed E-state index contributed by atoms with van der Waals surface area (Å²) in [6, 6.07) is 17.2. The molecule has 0 unspecified atom stereocenters. The van der Waals surface area contributed by atoms with Gasteiger partial charge >= 0.3 is 6.18 Å². The van der Waals surface area contributed by atoms with Crippen LogP contribution in [0.1, 0.15) is 22.3 Å². The molecule has 1 heterocycles. The highest BCUT2D eigenvalue weighted by Gasteiger charge is 2.30. The minimum Gasteiger partial charge on any atom is -0.473 e. The molecule has 0 fully saturated rings. The van der Waals surface area contributed by atoms with Crippen LogP contribution in [0.15, 0.2) is 76.5 Å². The highest BCUT2D eigenvalue weighted by Crippen LogP contribution is 2.29. The number of nitrogens with zero attached hydrogens (tertiary/aromatic N) is 2. The summed E-state index contributed by atoms with van der Waals surface area (Å²) in [7, 11) is 1.46. The summed E-state index contributed by atoms with van der Waals surface area (Å²) in [6.07, 6.45) is -3.69. The SMILES string of the molecule is CO/N=C(/c1ccc(Br)cc1)c1ccccc1COc1ccc(C(F)(F)F)cn1. The van der Waals surface area contributed by atoms with Crippen molar-refractivity contribution < 1.29 is 22.7 Å². The van der Waals surface area contributed by atoms with Crippen LogP contribution in [-0.2, 0) is 17.6 Å². The van der Waals surface area contributed by atoms with Gasteiger partial charge in [-0.3, -0.25) is 0 Å². The van der Waals surface area contributed by atoms with Crippen molar-refractivity contribution in [1.82, 2.24) is 4.98 Å². The quantitative estimate of drug-likeness (QED) is 0.340. The van der Waals surface area contributed by atoms with E-state index in [9.17, 15) is 13.2 Å². The summed E-state index contributed by atoms with van der Waals surface area (Å²) < 4.78 is 44.5. The summed E-state index contributed by atoms with van der Waals surface area (Å²) >= 11 is 3.40. The van der Waals surface area contributed by atoms with E-state index in [4.69, 9.17) is 9.57 Å². The van der Waals surface area contributed by atoms with E-state index in [1.807, 2.05) is 48.5 Å². The van der Waals surface area contributed by atoms with Gasteiger partial charge in [0.25, 0.3) is 0 Å². The fourth-order valence-electron chi connectivity index (χ4n) is 2.62. The number of aromatic nitrogens is 1. The Hall–Kier alpha value is -2.87. The average molecular weight is 465 g/mol. The van der Waals surface area contributed by atoms with Crippen LogP contribution >= 0.6 is 15.9 Å².